The van der Waals surface area contributed by atoms with E-state index in [1.807, 2.05) is 12.1 Å². The van der Waals surface area contributed by atoms with Crippen LogP contribution in [0.25, 0.3) is 16.5 Å². The molecule has 25 heavy (non-hydrogen) atoms. The van der Waals surface area contributed by atoms with Crippen LogP contribution < -0.4 is 10.1 Å². The molecule has 126 valence electrons. The molecule has 1 amide bonds. The first kappa shape index (κ1) is 16.9. The SMILES string of the molecule is COc1cccnc1NC(=O)/C=C/c1ccc(-c2ccccc2F)s1. The number of thiophene rings is 1. The van der Waals surface area contributed by atoms with Gasteiger partial charge in [0, 0.05) is 27.6 Å². The number of methoxy groups -OCH3 is 1. The van der Waals surface area contributed by atoms with Crippen LogP contribution in [0, 0.1) is 5.82 Å². The quantitative estimate of drug-likeness (QED) is 0.681. The van der Waals surface area contributed by atoms with E-state index in [9.17, 15) is 9.18 Å². The minimum absolute atomic E-state index is 0.264. The third-order valence-electron chi connectivity index (χ3n) is 3.40. The van der Waals surface area contributed by atoms with E-state index in [1.54, 1.807) is 42.6 Å². The largest absolute Gasteiger partial charge is 0.493 e. The summed E-state index contributed by atoms with van der Waals surface area (Å²) < 4.78 is 19.0. The van der Waals surface area contributed by atoms with Crippen molar-refractivity contribution in [1.82, 2.24) is 4.98 Å². The van der Waals surface area contributed by atoms with Crippen LogP contribution in [0.15, 0.2) is 60.8 Å². The van der Waals surface area contributed by atoms with Gasteiger partial charge in [-0.1, -0.05) is 18.2 Å². The maximum atomic E-state index is 13.8. The van der Waals surface area contributed by atoms with Crippen LogP contribution in [0.5, 0.6) is 5.75 Å². The second kappa shape index (κ2) is 7.72. The molecule has 0 atom stereocenters. The smallest absolute Gasteiger partial charge is 0.249 e. The summed E-state index contributed by atoms with van der Waals surface area (Å²) in [5.41, 5.74) is 0.551. The van der Waals surface area contributed by atoms with Gasteiger partial charge in [0.15, 0.2) is 11.6 Å². The molecule has 2 aromatic heterocycles. The standard InChI is InChI=1S/C19H15FN2O2S/c1-24-16-7-4-12-21-19(16)22-18(23)11-9-13-8-10-17(25-13)14-5-2-3-6-15(14)20/h2-12H,1H3,(H,21,22,23)/b11-9+. The van der Waals surface area contributed by atoms with E-state index < -0.39 is 0 Å². The number of anilines is 1. The molecule has 3 aromatic rings. The molecular weight excluding hydrogens is 339 g/mol. The fourth-order valence-corrected chi connectivity index (χ4v) is 3.15. The van der Waals surface area contributed by atoms with Gasteiger partial charge in [-0.05, 0) is 36.4 Å². The molecule has 1 N–H and O–H groups in total. The molecule has 0 radical (unpaired) electrons. The molecule has 0 bridgehead atoms. The summed E-state index contributed by atoms with van der Waals surface area (Å²) in [4.78, 5) is 17.8. The van der Waals surface area contributed by atoms with E-state index in [0.29, 0.717) is 17.1 Å². The van der Waals surface area contributed by atoms with E-state index in [0.717, 1.165) is 9.75 Å². The number of aromatic nitrogens is 1. The van der Waals surface area contributed by atoms with Crippen molar-refractivity contribution < 1.29 is 13.9 Å². The minimum atomic E-state index is -0.321. The zero-order valence-corrected chi connectivity index (χ0v) is 14.2. The number of pyridine rings is 1. The molecule has 0 aliphatic heterocycles. The predicted octanol–water partition coefficient (Wildman–Crippen LogP) is 4.61. The maximum Gasteiger partial charge on any atom is 0.249 e. The van der Waals surface area contributed by atoms with E-state index in [-0.39, 0.29) is 11.7 Å². The molecule has 0 saturated carbocycles. The Bertz CT molecular complexity index is 921. The van der Waals surface area contributed by atoms with Gasteiger partial charge in [-0.25, -0.2) is 9.37 Å². The van der Waals surface area contributed by atoms with Gasteiger partial charge in [-0.3, -0.25) is 4.79 Å². The zero-order chi connectivity index (χ0) is 17.6. The van der Waals surface area contributed by atoms with Gasteiger partial charge in [0.25, 0.3) is 0 Å². The summed E-state index contributed by atoms with van der Waals surface area (Å²) in [6, 6.07) is 13.7. The Morgan fingerprint density at radius 2 is 2.04 bits per heavy atom. The van der Waals surface area contributed by atoms with Crippen molar-refractivity contribution in [3.8, 4) is 16.2 Å². The second-order valence-corrected chi connectivity index (χ2v) is 6.17. The molecule has 0 unspecified atom stereocenters. The topological polar surface area (TPSA) is 51.2 Å². The summed E-state index contributed by atoms with van der Waals surface area (Å²) in [6.45, 7) is 0. The Morgan fingerprint density at radius 1 is 1.20 bits per heavy atom. The van der Waals surface area contributed by atoms with Crippen LogP contribution in [0.3, 0.4) is 0 Å². The molecule has 1 aromatic carbocycles. The highest BCUT2D eigenvalue weighted by atomic mass is 32.1. The highest BCUT2D eigenvalue weighted by molar-refractivity contribution is 7.16. The average Bonchev–Trinajstić information content (AvgIpc) is 3.09. The summed E-state index contributed by atoms with van der Waals surface area (Å²) in [7, 11) is 1.51. The van der Waals surface area contributed by atoms with Gasteiger partial charge >= 0.3 is 0 Å². The summed E-state index contributed by atoms with van der Waals surface area (Å²) >= 11 is 1.41. The Labute approximate surface area is 148 Å². The normalized spacial score (nSPS) is 10.8. The fourth-order valence-electron chi connectivity index (χ4n) is 2.21. The Hall–Kier alpha value is -2.99. The number of halogens is 1. The first-order chi connectivity index (χ1) is 12.2. The first-order valence-corrected chi connectivity index (χ1v) is 8.32. The van der Waals surface area contributed by atoms with E-state index in [1.165, 1.54) is 30.6 Å². The summed E-state index contributed by atoms with van der Waals surface area (Å²) in [5.74, 6) is 0.262. The molecule has 0 spiro atoms. The lowest BCUT2D eigenvalue weighted by Gasteiger charge is -2.06. The van der Waals surface area contributed by atoms with E-state index in [4.69, 9.17) is 4.74 Å². The lowest BCUT2D eigenvalue weighted by molar-refractivity contribution is -0.111. The molecule has 0 aliphatic rings. The number of nitrogens with one attached hydrogen (secondary N) is 1. The van der Waals surface area contributed by atoms with Gasteiger partial charge in [-0.2, -0.15) is 0 Å². The van der Waals surface area contributed by atoms with Crippen LogP contribution in [0.2, 0.25) is 0 Å². The van der Waals surface area contributed by atoms with E-state index >= 15 is 0 Å². The van der Waals surface area contributed by atoms with Crippen molar-refractivity contribution in [1.29, 1.82) is 0 Å². The highest BCUT2D eigenvalue weighted by Crippen LogP contribution is 2.30. The molecule has 0 aliphatic carbocycles. The van der Waals surface area contributed by atoms with E-state index in [2.05, 4.69) is 10.3 Å². The van der Waals surface area contributed by atoms with Crippen molar-refractivity contribution in [2.45, 2.75) is 0 Å². The molecule has 3 rings (SSSR count). The number of hydrogen-bond donors (Lipinski definition) is 1. The molecule has 2 heterocycles. The number of hydrogen-bond acceptors (Lipinski definition) is 4. The average molecular weight is 354 g/mol. The zero-order valence-electron chi connectivity index (χ0n) is 13.4. The number of ether oxygens (including phenoxy) is 1. The maximum absolute atomic E-state index is 13.8. The third-order valence-corrected chi connectivity index (χ3v) is 4.48. The third kappa shape index (κ3) is 4.10. The molecule has 4 nitrogen and oxygen atoms in total. The lowest BCUT2D eigenvalue weighted by Crippen LogP contribution is -2.10. The second-order valence-electron chi connectivity index (χ2n) is 5.06. The Kier molecular flexibility index (Phi) is 5.20. The van der Waals surface area contributed by atoms with Crippen LogP contribution in [0.1, 0.15) is 4.88 Å². The van der Waals surface area contributed by atoms with Crippen LogP contribution >= 0.6 is 11.3 Å². The Morgan fingerprint density at radius 3 is 2.84 bits per heavy atom. The highest BCUT2D eigenvalue weighted by Gasteiger charge is 2.08. The number of carbonyl (C=O) groups is 1. The van der Waals surface area contributed by atoms with Gasteiger partial charge in [0.1, 0.15) is 5.82 Å². The predicted molar refractivity (Wildman–Crippen MR) is 98.2 cm³/mol. The lowest BCUT2D eigenvalue weighted by atomic mass is 10.2. The number of amides is 1. The molecular formula is C19H15FN2O2S. The fraction of sp³-hybridized carbons (Fsp3) is 0.0526. The van der Waals surface area contributed by atoms with Crippen LogP contribution in [0.4, 0.5) is 10.2 Å². The molecule has 0 saturated heterocycles. The van der Waals surface area contributed by atoms with Gasteiger partial charge in [0.2, 0.25) is 5.91 Å². The Balaban J connectivity index is 1.70. The molecule has 0 fully saturated rings. The van der Waals surface area contributed by atoms with Gasteiger partial charge < -0.3 is 10.1 Å². The van der Waals surface area contributed by atoms with Crippen molar-refractivity contribution >= 4 is 29.1 Å². The number of nitrogens with zero attached hydrogens (tertiary/aromatic N) is 1. The van der Waals surface area contributed by atoms with Crippen molar-refractivity contribution in [3.63, 3.8) is 0 Å². The van der Waals surface area contributed by atoms with Gasteiger partial charge in [0.05, 0.1) is 7.11 Å². The summed E-state index contributed by atoms with van der Waals surface area (Å²) in [6.07, 6.45) is 4.66. The van der Waals surface area contributed by atoms with Crippen LogP contribution in [-0.2, 0) is 4.79 Å². The van der Waals surface area contributed by atoms with Crippen molar-refractivity contribution in [3.05, 3.63) is 71.5 Å². The number of carbonyl (C=O) groups excluding carboxylic acids is 1. The summed E-state index contributed by atoms with van der Waals surface area (Å²) in [5, 5.41) is 2.66. The van der Waals surface area contributed by atoms with Crippen molar-refractivity contribution in [2.75, 3.05) is 12.4 Å². The number of benzene rings is 1. The number of rotatable bonds is 5. The first-order valence-electron chi connectivity index (χ1n) is 7.50. The molecule has 6 heteroatoms. The van der Waals surface area contributed by atoms with Crippen molar-refractivity contribution in [2.24, 2.45) is 0 Å². The monoisotopic (exact) mass is 354 g/mol. The van der Waals surface area contributed by atoms with Crippen LogP contribution in [-0.4, -0.2) is 18.0 Å². The van der Waals surface area contributed by atoms with Gasteiger partial charge in [-0.15, -0.1) is 11.3 Å². The minimum Gasteiger partial charge on any atom is -0.493 e.